The van der Waals surface area contributed by atoms with Gasteiger partial charge >= 0.3 is 5.97 Å². The third-order valence-electron chi connectivity index (χ3n) is 4.32. The zero-order valence-corrected chi connectivity index (χ0v) is 15.8. The molecule has 2 aromatic rings. The zero-order chi connectivity index (χ0) is 19.3. The number of hydrogen-bond donors (Lipinski definition) is 2. The van der Waals surface area contributed by atoms with Gasteiger partial charge in [-0.2, -0.15) is 5.10 Å². The first kappa shape index (κ1) is 19.7. The van der Waals surface area contributed by atoms with Gasteiger partial charge in [0, 0.05) is 24.2 Å². The highest BCUT2D eigenvalue weighted by atomic mass is 16.4. The number of carboxylic acid groups (broad SMARTS) is 1. The molecule has 1 heterocycles. The minimum Gasteiger partial charge on any atom is -0.480 e. The third kappa shape index (κ3) is 5.18. The first-order chi connectivity index (χ1) is 12.3. The largest absolute Gasteiger partial charge is 0.480 e. The van der Waals surface area contributed by atoms with Crippen molar-refractivity contribution in [2.75, 3.05) is 0 Å². The van der Waals surface area contributed by atoms with Crippen molar-refractivity contribution in [1.29, 1.82) is 0 Å². The summed E-state index contributed by atoms with van der Waals surface area (Å²) in [5, 5.41) is 16.6. The fourth-order valence-electron chi connectivity index (χ4n) is 2.97. The minimum absolute atomic E-state index is 0.133. The van der Waals surface area contributed by atoms with Gasteiger partial charge in [0.2, 0.25) is 5.91 Å². The molecule has 0 radical (unpaired) electrons. The summed E-state index contributed by atoms with van der Waals surface area (Å²) in [6.45, 7) is 8.85. The number of benzene rings is 1. The quantitative estimate of drug-likeness (QED) is 0.760. The SMILES string of the molecule is Cc1nn(CC(C)C)c(C)c1CC(=O)N[C@@H](Cc1ccccc1)C(=O)O. The van der Waals surface area contributed by atoms with Gasteiger partial charge in [-0.15, -0.1) is 0 Å². The first-order valence-electron chi connectivity index (χ1n) is 8.87. The average molecular weight is 357 g/mol. The van der Waals surface area contributed by atoms with Crippen LogP contribution in [0.2, 0.25) is 0 Å². The number of carbonyl (C=O) groups is 2. The highest BCUT2D eigenvalue weighted by Crippen LogP contribution is 2.15. The fourth-order valence-corrected chi connectivity index (χ4v) is 2.97. The lowest BCUT2D eigenvalue weighted by molar-refractivity contribution is -0.141. The van der Waals surface area contributed by atoms with Crippen molar-refractivity contribution in [2.24, 2.45) is 5.92 Å². The Morgan fingerprint density at radius 1 is 1.19 bits per heavy atom. The monoisotopic (exact) mass is 357 g/mol. The Morgan fingerprint density at radius 3 is 2.42 bits per heavy atom. The number of rotatable bonds is 8. The van der Waals surface area contributed by atoms with Crippen LogP contribution >= 0.6 is 0 Å². The Hall–Kier alpha value is -2.63. The van der Waals surface area contributed by atoms with Crippen LogP contribution in [0.4, 0.5) is 0 Å². The molecule has 6 heteroatoms. The van der Waals surface area contributed by atoms with E-state index in [1.54, 1.807) is 0 Å². The maximum atomic E-state index is 12.4. The number of carboxylic acids is 1. The molecule has 0 saturated heterocycles. The molecule has 0 unspecified atom stereocenters. The van der Waals surface area contributed by atoms with Crippen LogP contribution in [0.1, 0.15) is 36.4 Å². The molecule has 0 saturated carbocycles. The van der Waals surface area contributed by atoms with Crippen LogP contribution in [0.25, 0.3) is 0 Å². The molecule has 0 aliphatic carbocycles. The summed E-state index contributed by atoms with van der Waals surface area (Å²) >= 11 is 0. The second-order valence-electron chi connectivity index (χ2n) is 7.05. The highest BCUT2D eigenvalue weighted by Gasteiger charge is 2.22. The van der Waals surface area contributed by atoms with Gasteiger partial charge in [0.25, 0.3) is 0 Å². The summed E-state index contributed by atoms with van der Waals surface area (Å²) in [6, 6.07) is 8.34. The van der Waals surface area contributed by atoms with Crippen LogP contribution in [0, 0.1) is 19.8 Å². The van der Waals surface area contributed by atoms with Gasteiger partial charge < -0.3 is 10.4 Å². The summed E-state index contributed by atoms with van der Waals surface area (Å²) in [4.78, 5) is 24.0. The van der Waals surface area contributed by atoms with Crippen LogP contribution in [-0.4, -0.2) is 32.8 Å². The number of amides is 1. The summed E-state index contributed by atoms with van der Waals surface area (Å²) in [7, 11) is 0. The highest BCUT2D eigenvalue weighted by molar-refractivity contribution is 5.85. The lowest BCUT2D eigenvalue weighted by Crippen LogP contribution is -2.43. The van der Waals surface area contributed by atoms with E-state index in [9.17, 15) is 14.7 Å². The Bertz CT molecular complexity index is 766. The molecular weight excluding hydrogens is 330 g/mol. The van der Waals surface area contributed by atoms with E-state index in [0.717, 1.165) is 29.1 Å². The van der Waals surface area contributed by atoms with E-state index in [2.05, 4.69) is 24.3 Å². The van der Waals surface area contributed by atoms with Crippen LogP contribution in [0.3, 0.4) is 0 Å². The molecule has 26 heavy (non-hydrogen) atoms. The Kier molecular flexibility index (Phi) is 6.55. The summed E-state index contributed by atoms with van der Waals surface area (Å²) < 4.78 is 1.92. The van der Waals surface area contributed by atoms with E-state index in [0.29, 0.717) is 5.92 Å². The predicted octanol–water partition coefficient (Wildman–Crippen LogP) is 2.51. The van der Waals surface area contributed by atoms with Gasteiger partial charge in [-0.1, -0.05) is 44.2 Å². The van der Waals surface area contributed by atoms with Crippen LogP contribution < -0.4 is 5.32 Å². The molecule has 0 spiro atoms. The van der Waals surface area contributed by atoms with Crippen LogP contribution in [-0.2, 0) is 29.0 Å². The van der Waals surface area contributed by atoms with Crippen molar-refractivity contribution in [1.82, 2.24) is 15.1 Å². The van der Waals surface area contributed by atoms with E-state index in [1.165, 1.54) is 0 Å². The number of aromatic nitrogens is 2. The average Bonchev–Trinajstić information content (AvgIpc) is 2.82. The van der Waals surface area contributed by atoms with E-state index in [4.69, 9.17) is 0 Å². The molecule has 2 N–H and O–H groups in total. The Labute approximate surface area is 154 Å². The smallest absolute Gasteiger partial charge is 0.326 e. The number of carbonyl (C=O) groups excluding carboxylic acids is 1. The maximum Gasteiger partial charge on any atom is 0.326 e. The lowest BCUT2D eigenvalue weighted by Gasteiger charge is -2.15. The fraction of sp³-hybridized carbons (Fsp3) is 0.450. The van der Waals surface area contributed by atoms with Gasteiger partial charge in [0.1, 0.15) is 6.04 Å². The number of nitrogens with zero attached hydrogens (tertiary/aromatic N) is 2. The van der Waals surface area contributed by atoms with Crippen LogP contribution in [0.15, 0.2) is 30.3 Å². The second-order valence-corrected chi connectivity index (χ2v) is 7.05. The first-order valence-corrected chi connectivity index (χ1v) is 8.87. The molecule has 0 fully saturated rings. The summed E-state index contributed by atoms with van der Waals surface area (Å²) in [6.07, 6.45) is 0.390. The molecule has 1 aromatic carbocycles. The van der Waals surface area contributed by atoms with Gasteiger partial charge in [-0.05, 0) is 25.3 Å². The molecule has 6 nitrogen and oxygen atoms in total. The summed E-state index contributed by atoms with van der Waals surface area (Å²) in [5.74, 6) is -0.883. The lowest BCUT2D eigenvalue weighted by atomic mass is 10.0. The molecule has 1 atom stereocenters. The van der Waals surface area contributed by atoms with E-state index < -0.39 is 12.0 Å². The number of aryl methyl sites for hydroxylation is 1. The molecule has 1 aromatic heterocycles. The van der Waals surface area contributed by atoms with Crippen LogP contribution in [0.5, 0.6) is 0 Å². The standard InChI is InChI=1S/C20H27N3O3/c1-13(2)12-23-15(4)17(14(3)22-23)11-19(24)21-18(20(25)26)10-16-8-6-5-7-9-16/h5-9,13,18H,10-12H2,1-4H3,(H,21,24)(H,25,26)/t18-/m0/s1. The van der Waals surface area contributed by atoms with E-state index in [1.807, 2.05) is 48.9 Å². The molecule has 140 valence electrons. The van der Waals surface area contributed by atoms with Gasteiger partial charge in [0.15, 0.2) is 0 Å². The maximum absolute atomic E-state index is 12.4. The summed E-state index contributed by atoms with van der Waals surface area (Å²) in [5.41, 5.74) is 3.51. The van der Waals surface area contributed by atoms with Crippen molar-refractivity contribution in [3.8, 4) is 0 Å². The number of nitrogens with one attached hydrogen (secondary N) is 1. The van der Waals surface area contributed by atoms with Crippen molar-refractivity contribution in [3.05, 3.63) is 52.8 Å². The molecular formula is C20H27N3O3. The topological polar surface area (TPSA) is 84.2 Å². The van der Waals surface area contributed by atoms with Gasteiger partial charge in [-0.25, -0.2) is 4.79 Å². The normalized spacial score (nSPS) is 12.2. The number of aliphatic carboxylic acids is 1. The molecule has 0 bridgehead atoms. The second kappa shape index (κ2) is 8.65. The minimum atomic E-state index is -1.04. The van der Waals surface area contributed by atoms with Crippen molar-refractivity contribution >= 4 is 11.9 Å². The van der Waals surface area contributed by atoms with E-state index in [-0.39, 0.29) is 18.7 Å². The van der Waals surface area contributed by atoms with Gasteiger partial charge in [0.05, 0.1) is 12.1 Å². The zero-order valence-electron chi connectivity index (χ0n) is 15.8. The Morgan fingerprint density at radius 2 is 1.85 bits per heavy atom. The molecule has 2 rings (SSSR count). The number of hydrogen-bond acceptors (Lipinski definition) is 3. The van der Waals surface area contributed by atoms with Crippen molar-refractivity contribution < 1.29 is 14.7 Å². The third-order valence-corrected chi connectivity index (χ3v) is 4.32. The van der Waals surface area contributed by atoms with Crippen molar-refractivity contribution in [3.63, 3.8) is 0 Å². The Balaban J connectivity index is 2.06. The molecule has 0 aliphatic rings. The van der Waals surface area contributed by atoms with E-state index >= 15 is 0 Å². The molecule has 1 amide bonds. The molecule has 0 aliphatic heterocycles. The van der Waals surface area contributed by atoms with Crippen molar-refractivity contribution in [2.45, 2.75) is 53.1 Å². The predicted molar refractivity (Wildman–Crippen MR) is 100.0 cm³/mol. The van der Waals surface area contributed by atoms with Gasteiger partial charge in [-0.3, -0.25) is 9.48 Å².